The second-order valence-electron chi connectivity index (χ2n) is 6.74. The highest BCUT2D eigenvalue weighted by Crippen LogP contribution is 2.33. The van der Waals surface area contributed by atoms with Crippen molar-refractivity contribution < 1.29 is 8.78 Å². The van der Waals surface area contributed by atoms with Crippen LogP contribution in [0.4, 0.5) is 8.78 Å². The summed E-state index contributed by atoms with van der Waals surface area (Å²) in [4.78, 5) is 8.98. The lowest BCUT2D eigenvalue weighted by atomic mass is 10.0. The molecule has 1 aromatic heterocycles. The Hall–Kier alpha value is -3.39. The summed E-state index contributed by atoms with van der Waals surface area (Å²) in [5.74, 6) is -1.14. The summed E-state index contributed by atoms with van der Waals surface area (Å²) < 4.78 is 28.0. The predicted octanol–water partition coefficient (Wildman–Crippen LogP) is 5.42. The van der Waals surface area contributed by atoms with Crippen LogP contribution < -0.4 is 0 Å². The monoisotopic (exact) mass is 373 g/mol. The van der Waals surface area contributed by atoms with E-state index in [-0.39, 0.29) is 11.6 Å². The minimum Gasteiger partial charge on any atom is -0.281 e. The Kier molecular flexibility index (Phi) is 4.94. The second-order valence-corrected chi connectivity index (χ2v) is 6.74. The molecule has 1 aliphatic rings. The fraction of sp³-hybridized carbons (Fsp3) is 0.174. The van der Waals surface area contributed by atoms with E-state index in [0.29, 0.717) is 18.6 Å². The van der Waals surface area contributed by atoms with Crippen molar-refractivity contribution in [2.45, 2.75) is 25.3 Å². The first kappa shape index (κ1) is 18.0. The van der Waals surface area contributed by atoms with Gasteiger partial charge in [-0.05, 0) is 42.2 Å². The smallest absolute Gasteiger partial charge is 0.135 e. The standard InChI is InChI=1S/C23H17F2N3/c24-18-2-1-3-19(25)23(18)22-11-10-21(28-22)17-7-5-16(6-8-17)20-9-4-15(12-13-26)14-27-20/h1-9,14,21H,10-12H2. The van der Waals surface area contributed by atoms with Crippen LogP contribution in [0, 0.1) is 23.0 Å². The topological polar surface area (TPSA) is 49.0 Å². The zero-order valence-electron chi connectivity index (χ0n) is 15.1. The van der Waals surface area contributed by atoms with E-state index in [1.807, 2.05) is 36.4 Å². The summed E-state index contributed by atoms with van der Waals surface area (Å²) in [6, 6.07) is 17.6. The normalized spacial score (nSPS) is 15.9. The van der Waals surface area contributed by atoms with Crippen LogP contribution in [-0.2, 0) is 6.42 Å². The molecule has 3 nitrogen and oxygen atoms in total. The summed E-state index contributed by atoms with van der Waals surface area (Å²) in [5, 5.41) is 8.73. The molecular weight excluding hydrogens is 356 g/mol. The number of hydrogen-bond acceptors (Lipinski definition) is 3. The molecule has 1 atom stereocenters. The molecule has 1 aliphatic heterocycles. The Morgan fingerprint density at radius 1 is 1.00 bits per heavy atom. The number of rotatable bonds is 4. The van der Waals surface area contributed by atoms with Gasteiger partial charge in [0.25, 0.3) is 0 Å². The van der Waals surface area contributed by atoms with Gasteiger partial charge >= 0.3 is 0 Å². The Morgan fingerprint density at radius 3 is 2.39 bits per heavy atom. The maximum absolute atomic E-state index is 14.0. The molecule has 0 fully saturated rings. The van der Waals surface area contributed by atoms with Gasteiger partial charge in [-0.3, -0.25) is 9.98 Å². The molecule has 1 unspecified atom stereocenters. The molecule has 3 aromatic rings. The highest BCUT2D eigenvalue weighted by atomic mass is 19.1. The van der Waals surface area contributed by atoms with Crippen LogP contribution in [0.1, 0.15) is 35.6 Å². The fourth-order valence-corrected chi connectivity index (χ4v) is 3.46. The first-order valence-corrected chi connectivity index (χ1v) is 9.09. The Labute approximate surface area is 162 Å². The van der Waals surface area contributed by atoms with Crippen LogP contribution in [0.25, 0.3) is 11.3 Å². The lowest BCUT2D eigenvalue weighted by Gasteiger charge is -2.08. The quantitative estimate of drug-likeness (QED) is 0.613. The van der Waals surface area contributed by atoms with Crippen LogP contribution in [0.15, 0.2) is 65.8 Å². The summed E-state index contributed by atoms with van der Waals surface area (Å²) >= 11 is 0. The van der Waals surface area contributed by atoms with Crippen LogP contribution in [-0.4, -0.2) is 10.7 Å². The van der Waals surface area contributed by atoms with Gasteiger partial charge in [0.15, 0.2) is 0 Å². The number of halogens is 2. The van der Waals surface area contributed by atoms with Gasteiger partial charge in [0, 0.05) is 17.5 Å². The SMILES string of the molecule is N#CCc1ccc(-c2ccc(C3CCC(c4c(F)cccc4F)=N3)cc2)nc1. The summed E-state index contributed by atoms with van der Waals surface area (Å²) in [5.41, 5.74) is 4.17. The average Bonchev–Trinajstić information content (AvgIpc) is 3.19. The number of hydrogen-bond donors (Lipinski definition) is 0. The van der Waals surface area contributed by atoms with Crippen molar-refractivity contribution in [1.82, 2.24) is 4.98 Å². The van der Waals surface area contributed by atoms with E-state index in [1.54, 1.807) is 6.20 Å². The Bertz CT molecular complexity index is 1040. The maximum Gasteiger partial charge on any atom is 0.135 e. The van der Waals surface area contributed by atoms with Gasteiger partial charge in [-0.15, -0.1) is 0 Å². The molecule has 0 amide bonds. The van der Waals surface area contributed by atoms with Gasteiger partial charge in [0.1, 0.15) is 11.6 Å². The van der Waals surface area contributed by atoms with Gasteiger partial charge in [0.05, 0.1) is 29.8 Å². The van der Waals surface area contributed by atoms with Crippen molar-refractivity contribution in [3.63, 3.8) is 0 Å². The first-order chi connectivity index (χ1) is 13.7. The van der Waals surface area contributed by atoms with Crippen molar-refractivity contribution in [2.24, 2.45) is 4.99 Å². The summed E-state index contributed by atoms with van der Waals surface area (Å²) in [6.07, 6.45) is 3.33. The number of nitriles is 1. The summed E-state index contributed by atoms with van der Waals surface area (Å²) in [6.45, 7) is 0. The number of aromatic nitrogens is 1. The maximum atomic E-state index is 14.0. The van der Waals surface area contributed by atoms with Crippen LogP contribution in [0.5, 0.6) is 0 Å². The van der Waals surface area contributed by atoms with E-state index < -0.39 is 11.6 Å². The Morgan fingerprint density at radius 2 is 1.75 bits per heavy atom. The van der Waals surface area contributed by atoms with Crippen LogP contribution >= 0.6 is 0 Å². The number of aliphatic imine (C=N–C) groups is 1. The van der Waals surface area contributed by atoms with E-state index >= 15 is 0 Å². The van der Waals surface area contributed by atoms with Gasteiger partial charge in [-0.25, -0.2) is 8.78 Å². The molecule has 28 heavy (non-hydrogen) atoms. The van der Waals surface area contributed by atoms with E-state index in [1.165, 1.54) is 18.2 Å². The predicted molar refractivity (Wildman–Crippen MR) is 104 cm³/mol. The van der Waals surface area contributed by atoms with E-state index in [2.05, 4.69) is 16.0 Å². The fourth-order valence-electron chi connectivity index (χ4n) is 3.46. The van der Waals surface area contributed by atoms with Gasteiger partial charge in [-0.1, -0.05) is 36.4 Å². The number of pyridine rings is 1. The third kappa shape index (κ3) is 3.54. The number of benzene rings is 2. The second kappa shape index (κ2) is 7.69. The van der Waals surface area contributed by atoms with Crippen molar-refractivity contribution in [2.75, 3.05) is 0 Å². The highest BCUT2D eigenvalue weighted by molar-refractivity contribution is 6.02. The molecule has 138 valence electrons. The molecule has 2 heterocycles. The van der Waals surface area contributed by atoms with E-state index in [9.17, 15) is 8.78 Å². The van der Waals surface area contributed by atoms with Gasteiger partial charge in [0.2, 0.25) is 0 Å². The molecule has 5 heteroatoms. The zero-order chi connectivity index (χ0) is 19.5. The first-order valence-electron chi connectivity index (χ1n) is 9.09. The van der Waals surface area contributed by atoms with Crippen molar-refractivity contribution >= 4 is 5.71 Å². The molecule has 4 rings (SSSR count). The summed E-state index contributed by atoms with van der Waals surface area (Å²) in [7, 11) is 0. The van der Waals surface area contributed by atoms with Crippen molar-refractivity contribution in [1.29, 1.82) is 5.26 Å². The van der Waals surface area contributed by atoms with Crippen LogP contribution in [0.3, 0.4) is 0 Å². The molecule has 0 saturated carbocycles. The van der Waals surface area contributed by atoms with Crippen molar-refractivity contribution in [3.05, 3.63) is 89.1 Å². The highest BCUT2D eigenvalue weighted by Gasteiger charge is 2.24. The molecule has 0 N–H and O–H groups in total. The largest absolute Gasteiger partial charge is 0.281 e. The molecule has 0 saturated heterocycles. The molecule has 0 radical (unpaired) electrons. The Balaban J connectivity index is 1.55. The molecular formula is C23H17F2N3. The molecule has 0 aliphatic carbocycles. The van der Waals surface area contributed by atoms with Gasteiger partial charge < -0.3 is 0 Å². The minimum absolute atomic E-state index is 0.0109. The zero-order valence-corrected chi connectivity index (χ0v) is 15.1. The molecule has 0 spiro atoms. The lowest BCUT2D eigenvalue weighted by molar-refractivity contribution is 0.578. The van der Waals surface area contributed by atoms with Crippen molar-refractivity contribution in [3.8, 4) is 17.3 Å². The van der Waals surface area contributed by atoms with Crippen LogP contribution in [0.2, 0.25) is 0 Å². The lowest BCUT2D eigenvalue weighted by Crippen LogP contribution is -2.03. The average molecular weight is 373 g/mol. The number of nitrogens with zero attached hydrogens (tertiary/aromatic N) is 3. The molecule has 2 aromatic carbocycles. The third-order valence-electron chi connectivity index (χ3n) is 4.92. The minimum atomic E-state index is -0.569. The van der Waals surface area contributed by atoms with E-state index in [4.69, 9.17) is 5.26 Å². The third-order valence-corrected chi connectivity index (χ3v) is 4.92. The van der Waals surface area contributed by atoms with Gasteiger partial charge in [-0.2, -0.15) is 5.26 Å². The van der Waals surface area contributed by atoms with E-state index in [0.717, 1.165) is 28.8 Å². The molecule has 0 bridgehead atoms.